The zero-order valence-electron chi connectivity index (χ0n) is 7.56. The summed E-state index contributed by atoms with van der Waals surface area (Å²) in [4.78, 5) is 1.76. The Morgan fingerprint density at radius 1 is 1.25 bits per heavy atom. The normalized spacial score (nSPS) is 11.5. The molecule has 0 spiro atoms. The van der Waals surface area contributed by atoms with Gasteiger partial charge in [0.2, 0.25) is 6.41 Å². The van der Waals surface area contributed by atoms with Gasteiger partial charge in [0.05, 0.1) is 0 Å². The molecule has 0 aliphatic carbocycles. The molecule has 0 atom stereocenters. The van der Waals surface area contributed by atoms with E-state index < -0.39 is 20.0 Å². The van der Waals surface area contributed by atoms with E-state index in [1.54, 1.807) is 11.9 Å². The van der Waals surface area contributed by atoms with Crippen LogP contribution < -0.4 is 0 Å². The summed E-state index contributed by atoms with van der Waals surface area (Å²) < 4.78 is 9.59. The van der Waals surface area contributed by atoms with Crippen molar-refractivity contribution in [2.75, 3.05) is 27.2 Å². The summed E-state index contributed by atoms with van der Waals surface area (Å²) in [5.74, 6) is 0. The minimum atomic E-state index is -0.667. The first-order chi connectivity index (χ1) is 5.76. The van der Waals surface area contributed by atoms with Gasteiger partial charge in [0.15, 0.2) is 0 Å². The van der Waals surface area contributed by atoms with Gasteiger partial charge in [0.1, 0.15) is 13.6 Å². The third-order valence-electron chi connectivity index (χ3n) is 1.37. The van der Waals surface area contributed by atoms with Crippen LogP contribution in [0.3, 0.4) is 0 Å². The van der Waals surface area contributed by atoms with Crippen LogP contribution >= 0.6 is 0 Å². The van der Waals surface area contributed by atoms with Crippen molar-refractivity contribution in [3.05, 3.63) is 0 Å². The van der Waals surface area contributed by atoms with Crippen LogP contribution in [0.4, 0.5) is 0 Å². The van der Waals surface area contributed by atoms with E-state index in [2.05, 4.69) is 0 Å². The number of hydrogen-bond donors (Lipinski definition) is 2. The average molecular weight is 179 g/mol. The Balaban J connectivity index is 3.72. The maximum Gasteiger partial charge on any atom is 0.222 e. The molecule has 0 aliphatic rings. The van der Waals surface area contributed by atoms with Gasteiger partial charge < -0.3 is 19.7 Å². The van der Waals surface area contributed by atoms with Gasteiger partial charge in [0.25, 0.3) is 0 Å². The predicted molar refractivity (Wildman–Crippen MR) is 43.1 cm³/mol. The highest BCUT2D eigenvalue weighted by Crippen LogP contribution is 2.00. The molecule has 0 fully saturated rings. The summed E-state index contributed by atoms with van der Waals surface area (Å²) in [5.41, 5.74) is 0. The van der Waals surface area contributed by atoms with E-state index in [9.17, 15) is 0 Å². The number of ether oxygens (including phenoxy) is 2. The molecule has 0 radical (unpaired) electrons. The van der Waals surface area contributed by atoms with E-state index in [1.165, 1.54) is 0 Å². The largest absolute Gasteiger partial charge is 0.370 e. The Labute approximate surface area is 72.5 Å². The van der Waals surface area contributed by atoms with Crippen molar-refractivity contribution in [3.63, 3.8) is 0 Å². The van der Waals surface area contributed by atoms with Crippen molar-refractivity contribution in [2.45, 2.75) is 19.8 Å². The molecule has 0 aromatic heterocycles. The van der Waals surface area contributed by atoms with Crippen molar-refractivity contribution in [2.24, 2.45) is 0 Å². The molecule has 5 nitrogen and oxygen atoms in total. The molecule has 0 bridgehead atoms. The topological polar surface area (TPSA) is 62.2 Å². The van der Waals surface area contributed by atoms with Gasteiger partial charge >= 0.3 is 0 Å². The maximum atomic E-state index is 8.47. The molecular weight excluding hydrogens is 162 g/mol. The van der Waals surface area contributed by atoms with Crippen LogP contribution in [-0.4, -0.2) is 48.7 Å². The Bertz CT molecular complexity index is 95.4. The predicted octanol–water partition coefficient (Wildman–Crippen LogP) is -0.455. The lowest BCUT2D eigenvalue weighted by Gasteiger charge is -2.25. The third-order valence-corrected chi connectivity index (χ3v) is 1.37. The molecule has 74 valence electrons. The minimum absolute atomic E-state index is 0.418. The first-order valence-electron chi connectivity index (χ1n) is 3.91. The minimum Gasteiger partial charge on any atom is -0.370 e. The summed E-state index contributed by atoms with van der Waals surface area (Å²) in [7, 11) is 1.79. The van der Waals surface area contributed by atoms with Crippen LogP contribution in [0.15, 0.2) is 0 Å². The highest BCUT2D eigenvalue weighted by atomic mass is 16.8. The zero-order valence-corrected chi connectivity index (χ0v) is 7.56. The lowest BCUT2D eigenvalue weighted by molar-refractivity contribution is -0.266. The SMILES string of the molecule is CCCN(C)C(OCO)OCO. The molecule has 0 heterocycles. The molecule has 0 saturated heterocycles. The molecule has 0 aliphatic heterocycles. The Morgan fingerprint density at radius 2 is 1.75 bits per heavy atom. The molecule has 0 rings (SSSR count). The standard InChI is InChI=1S/C7H17NO4/c1-3-4-8(2)7(11-5-9)12-6-10/h7,9-10H,3-6H2,1-2H3. The molecule has 0 saturated carbocycles. The van der Waals surface area contributed by atoms with Crippen molar-refractivity contribution < 1.29 is 19.7 Å². The molecule has 5 heteroatoms. The summed E-state index contributed by atoms with van der Waals surface area (Å²) in [6.45, 7) is 1.97. The summed E-state index contributed by atoms with van der Waals surface area (Å²) >= 11 is 0. The fourth-order valence-electron chi connectivity index (χ4n) is 0.888. The van der Waals surface area contributed by atoms with E-state index >= 15 is 0 Å². The van der Waals surface area contributed by atoms with Crippen LogP contribution in [-0.2, 0) is 9.47 Å². The lowest BCUT2D eigenvalue weighted by atomic mass is 10.4. The van der Waals surface area contributed by atoms with Crippen LogP contribution in [0.2, 0.25) is 0 Å². The monoisotopic (exact) mass is 179 g/mol. The first kappa shape index (κ1) is 11.8. The lowest BCUT2D eigenvalue weighted by Crippen LogP contribution is -2.37. The van der Waals surface area contributed by atoms with Gasteiger partial charge in [-0.1, -0.05) is 6.92 Å². The molecular formula is C7H17NO4. The summed E-state index contributed by atoms with van der Waals surface area (Å²) in [6.07, 6.45) is 0.288. The van der Waals surface area contributed by atoms with Crippen LogP contribution in [0.25, 0.3) is 0 Å². The quantitative estimate of drug-likeness (QED) is 0.518. The van der Waals surface area contributed by atoms with Gasteiger partial charge in [-0.3, -0.25) is 4.90 Å². The van der Waals surface area contributed by atoms with Gasteiger partial charge in [-0.2, -0.15) is 0 Å². The Morgan fingerprint density at radius 3 is 2.08 bits per heavy atom. The highest BCUT2D eigenvalue weighted by molar-refractivity contribution is 4.46. The number of aliphatic hydroxyl groups excluding tert-OH is 2. The van der Waals surface area contributed by atoms with Crippen molar-refractivity contribution >= 4 is 0 Å². The van der Waals surface area contributed by atoms with Gasteiger partial charge in [-0.15, -0.1) is 0 Å². The van der Waals surface area contributed by atoms with Gasteiger partial charge in [0, 0.05) is 6.54 Å². The van der Waals surface area contributed by atoms with Crippen molar-refractivity contribution in [3.8, 4) is 0 Å². The molecule has 0 aromatic rings. The summed E-state index contributed by atoms with van der Waals surface area (Å²) in [6, 6.07) is 0. The van der Waals surface area contributed by atoms with E-state index in [0.717, 1.165) is 13.0 Å². The van der Waals surface area contributed by atoms with Crippen LogP contribution in [0, 0.1) is 0 Å². The Kier molecular flexibility index (Phi) is 7.33. The van der Waals surface area contributed by atoms with Gasteiger partial charge in [-0.25, -0.2) is 0 Å². The smallest absolute Gasteiger partial charge is 0.222 e. The second-order valence-corrected chi connectivity index (χ2v) is 2.38. The molecule has 2 N–H and O–H groups in total. The molecule has 0 aromatic carbocycles. The second kappa shape index (κ2) is 7.45. The van der Waals surface area contributed by atoms with Gasteiger partial charge in [-0.05, 0) is 13.5 Å². The number of hydrogen-bond acceptors (Lipinski definition) is 5. The average Bonchev–Trinajstić information content (AvgIpc) is 2.04. The number of nitrogens with zero attached hydrogens (tertiary/aromatic N) is 1. The summed E-state index contributed by atoms with van der Waals surface area (Å²) in [5, 5.41) is 16.9. The zero-order chi connectivity index (χ0) is 9.40. The third kappa shape index (κ3) is 4.63. The number of aliphatic hydroxyl groups is 2. The van der Waals surface area contributed by atoms with Crippen molar-refractivity contribution in [1.29, 1.82) is 0 Å². The van der Waals surface area contributed by atoms with E-state index in [1.807, 2.05) is 6.92 Å². The van der Waals surface area contributed by atoms with Crippen LogP contribution in [0.1, 0.15) is 13.3 Å². The van der Waals surface area contributed by atoms with E-state index in [0.29, 0.717) is 0 Å². The molecule has 0 amide bonds. The van der Waals surface area contributed by atoms with Crippen LogP contribution in [0.5, 0.6) is 0 Å². The van der Waals surface area contributed by atoms with E-state index in [4.69, 9.17) is 19.7 Å². The van der Waals surface area contributed by atoms with E-state index in [-0.39, 0.29) is 0 Å². The molecule has 0 unspecified atom stereocenters. The molecule has 12 heavy (non-hydrogen) atoms. The van der Waals surface area contributed by atoms with Crippen molar-refractivity contribution in [1.82, 2.24) is 4.90 Å². The maximum absolute atomic E-state index is 8.47. The fourth-order valence-corrected chi connectivity index (χ4v) is 0.888. The highest BCUT2D eigenvalue weighted by Gasteiger charge is 2.13. The second-order valence-electron chi connectivity index (χ2n) is 2.38. The first-order valence-corrected chi connectivity index (χ1v) is 3.91. The Hall–Kier alpha value is -0.200. The fraction of sp³-hybridized carbons (Fsp3) is 1.00. The number of rotatable bonds is 7.